The lowest BCUT2D eigenvalue weighted by Gasteiger charge is -1.92. The van der Waals surface area contributed by atoms with E-state index in [0.29, 0.717) is 0 Å². The van der Waals surface area contributed by atoms with Crippen molar-refractivity contribution in [1.29, 1.82) is 0 Å². The van der Waals surface area contributed by atoms with Crippen molar-refractivity contribution in [3.8, 4) is 0 Å². The minimum absolute atomic E-state index is 0.181. The van der Waals surface area contributed by atoms with Gasteiger partial charge in [-0.3, -0.25) is 0 Å². The fourth-order valence-corrected chi connectivity index (χ4v) is 0.719. The van der Waals surface area contributed by atoms with Crippen LogP contribution in [0.25, 0.3) is 0 Å². The number of hydrogen-bond acceptors (Lipinski definition) is 0. The molecule has 0 N–H and O–H groups in total. The Kier molecular flexibility index (Phi) is 4.88. The zero-order valence-electron chi connectivity index (χ0n) is 6.99. The lowest BCUT2D eigenvalue weighted by Crippen LogP contribution is -1.76. The van der Waals surface area contributed by atoms with Gasteiger partial charge in [0, 0.05) is 0 Å². The number of rotatable bonds is 0. The van der Waals surface area contributed by atoms with Crippen LogP contribution in [-0.4, -0.2) is 0 Å². The molecule has 0 spiro atoms. The maximum atomic E-state index is 12.4. The second-order valence-corrected chi connectivity index (χ2v) is 2.32. The van der Waals surface area contributed by atoms with E-state index in [2.05, 4.69) is 0 Å². The first-order valence-corrected chi connectivity index (χ1v) is 3.99. The van der Waals surface area contributed by atoms with E-state index in [-0.39, 0.29) is 10.8 Å². The van der Waals surface area contributed by atoms with Crippen LogP contribution in [0.1, 0.15) is 19.4 Å². The maximum absolute atomic E-state index is 12.4. The van der Waals surface area contributed by atoms with Crippen molar-refractivity contribution in [1.82, 2.24) is 0 Å². The molecule has 0 unspecified atom stereocenters. The van der Waals surface area contributed by atoms with Crippen molar-refractivity contribution in [2.45, 2.75) is 20.8 Å². The number of benzene rings is 1. The fraction of sp³-hybridized carbons (Fsp3) is 0.333. The average molecular weight is 175 g/mol. The Labute approximate surface area is 72.0 Å². The van der Waals surface area contributed by atoms with Gasteiger partial charge in [0.05, 0.1) is 5.02 Å². The minimum Gasteiger partial charge on any atom is -0.205 e. The lowest BCUT2D eigenvalue weighted by atomic mass is 10.2. The SMILES string of the molecule is CC.Cc1ccc(Cl)c(F)c1. The summed E-state index contributed by atoms with van der Waals surface area (Å²) in [5.41, 5.74) is 0.886. The quantitative estimate of drug-likeness (QED) is 0.561. The van der Waals surface area contributed by atoms with Gasteiger partial charge in [-0.05, 0) is 24.6 Å². The number of hydrogen-bond donors (Lipinski definition) is 0. The highest BCUT2D eigenvalue weighted by Gasteiger charge is 1.95. The first-order chi connectivity index (χ1) is 5.20. The van der Waals surface area contributed by atoms with E-state index in [9.17, 15) is 4.39 Å². The standard InChI is InChI=1S/C7H6ClF.C2H6/c1-5-2-3-6(8)7(9)4-5;1-2/h2-4H,1H3;1-2H3. The Morgan fingerprint density at radius 2 is 1.82 bits per heavy atom. The van der Waals surface area contributed by atoms with Crippen LogP contribution in [0.5, 0.6) is 0 Å². The maximum Gasteiger partial charge on any atom is 0.142 e. The highest BCUT2D eigenvalue weighted by molar-refractivity contribution is 6.30. The van der Waals surface area contributed by atoms with Crippen molar-refractivity contribution in [3.05, 3.63) is 34.6 Å². The van der Waals surface area contributed by atoms with Gasteiger partial charge < -0.3 is 0 Å². The summed E-state index contributed by atoms with van der Waals surface area (Å²) in [6.45, 7) is 5.82. The molecule has 0 aromatic heterocycles. The molecule has 0 bridgehead atoms. The second kappa shape index (κ2) is 5.14. The molecule has 1 rings (SSSR count). The van der Waals surface area contributed by atoms with Crippen LogP contribution < -0.4 is 0 Å². The third-order valence-electron chi connectivity index (χ3n) is 1.08. The summed E-state index contributed by atoms with van der Waals surface area (Å²) < 4.78 is 12.4. The Morgan fingerprint density at radius 1 is 1.27 bits per heavy atom. The molecule has 0 aliphatic heterocycles. The van der Waals surface area contributed by atoms with Gasteiger partial charge in [-0.25, -0.2) is 4.39 Å². The number of halogens is 2. The van der Waals surface area contributed by atoms with Crippen molar-refractivity contribution < 1.29 is 4.39 Å². The normalized spacial score (nSPS) is 8.45. The molecule has 11 heavy (non-hydrogen) atoms. The van der Waals surface area contributed by atoms with Crippen LogP contribution in [-0.2, 0) is 0 Å². The molecule has 0 atom stereocenters. The van der Waals surface area contributed by atoms with Crippen LogP contribution in [0.3, 0.4) is 0 Å². The molecular formula is C9H12ClF. The van der Waals surface area contributed by atoms with Crippen LogP contribution in [0, 0.1) is 12.7 Å². The van der Waals surface area contributed by atoms with Gasteiger partial charge in [-0.2, -0.15) is 0 Å². The molecule has 62 valence electrons. The van der Waals surface area contributed by atoms with Crippen LogP contribution in [0.4, 0.5) is 4.39 Å². The molecule has 1 aromatic carbocycles. The lowest BCUT2D eigenvalue weighted by molar-refractivity contribution is 0.627. The summed E-state index contributed by atoms with van der Waals surface area (Å²) in [6.07, 6.45) is 0. The van der Waals surface area contributed by atoms with Gasteiger partial charge in [-0.15, -0.1) is 0 Å². The van der Waals surface area contributed by atoms with Gasteiger partial charge >= 0.3 is 0 Å². The molecule has 0 heterocycles. The van der Waals surface area contributed by atoms with Crippen molar-refractivity contribution >= 4 is 11.6 Å². The molecule has 2 heteroatoms. The van der Waals surface area contributed by atoms with Crippen molar-refractivity contribution in [3.63, 3.8) is 0 Å². The van der Waals surface area contributed by atoms with E-state index >= 15 is 0 Å². The monoisotopic (exact) mass is 174 g/mol. The first kappa shape index (κ1) is 10.4. The van der Waals surface area contributed by atoms with Gasteiger partial charge in [0.25, 0.3) is 0 Å². The summed E-state index contributed by atoms with van der Waals surface area (Å²) in [6, 6.07) is 4.72. The smallest absolute Gasteiger partial charge is 0.142 e. The van der Waals surface area contributed by atoms with Crippen molar-refractivity contribution in [2.24, 2.45) is 0 Å². The van der Waals surface area contributed by atoms with Crippen LogP contribution in [0.2, 0.25) is 5.02 Å². The minimum atomic E-state index is -0.350. The van der Waals surface area contributed by atoms with Gasteiger partial charge in [0.2, 0.25) is 0 Å². The summed E-state index contributed by atoms with van der Waals surface area (Å²) in [5, 5.41) is 0.181. The summed E-state index contributed by atoms with van der Waals surface area (Å²) in [4.78, 5) is 0. The molecule has 0 nitrogen and oxygen atoms in total. The molecule has 0 saturated carbocycles. The van der Waals surface area contributed by atoms with E-state index in [1.807, 2.05) is 20.8 Å². The van der Waals surface area contributed by atoms with Crippen LogP contribution in [0.15, 0.2) is 18.2 Å². The Hall–Kier alpha value is -0.560. The summed E-state index contributed by atoms with van der Waals surface area (Å²) >= 11 is 5.41. The zero-order chi connectivity index (χ0) is 8.85. The second-order valence-electron chi connectivity index (χ2n) is 1.92. The topological polar surface area (TPSA) is 0 Å². The van der Waals surface area contributed by atoms with Gasteiger partial charge in [-0.1, -0.05) is 31.5 Å². The summed E-state index contributed by atoms with van der Waals surface area (Å²) in [7, 11) is 0. The Morgan fingerprint density at radius 3 is 2.18 bits per heavy atom. The zero-order valence-corrected chi connectivity index (χ0v) is 7.74. The predicted octanol–water partition coefficient (Wildman–Crippen LogP) is 3.81. The van der Waals surface area contributed by atoms with E-state index in [1.54, 1.807) is 12.1 Å². The molecular weight excluding hydrogens is 163 g/mol. The molecule has 0 aliphatic rings. The van der Waals surface area contributed by atoms with Crippen molar-refractivity contribution in [2.75, 3.05) is 0 Å². The van der Waals surface area contributed by atoms with Gasteiger partial charge in [0.15, 0.2) is 0 Å². The molecule has 0 radical (unpaired) electrons. The van der Waals surface area contributed by atoms with E-state index in [4.69, 9.17) is 11.6 Å². The van der Waals surface area contributed by atoms with E-state index in [0.717, 1.165) is 5.56 Å². The largest absolute Gasteiger partial charge is 0.205 e. The third kappa shape index (κ3) is 3.38. The van der Waals surface area contributed by atoms with Crippen LogP contribution >= 0.6 is 11.6 Å². The highest BCUT2D eigenvalue weighted by Crippen LogP contribution is 2.14. The Bertz CT molecular complexity index is 221. The van der Waals surface area contributed by atoms with E-state index in [1.165, 1.54) is 6.07 Å². The van der Waals surface area contributed by atoms with Gasteiger partial charge in [0.1, 0.15) is 5.82 Å². The molecule has 0 saturated heterocycles. The molecule has 0 amide bonds. The predicted molar refractivity (Wildman–Crippen MR) is 47.5 cm³/mol. The molecule has 0 fully saturated rings. The third-order valence-corrected chi connectivity index (χ3v) is 1.38. The molecule has 1 aromatic rings. The first-order valence-electron chi connectivity index (χ1n) is 3.62. The Balaban J connectivity index is 0.000000461. The highest BCUT2D eigenvalue weighted by atomic mass is 35.5. The summed E-state index contributed by atoms with van der Waals surface area (Å²) in [5.74, 6) is -0.350. The number of aryl methyl sites for hydroxylation is 1. The van der Waals surface area contributed by atoms with E-state index < -0.39 is 0 Å². The average Bonchev–Trinajstić information content (AvgIpc) is 2.02. The fourth-order valence-electron chi connectivity index (χ4n) is 0.601. The molecule has 0 aliphatic carbocycles.